The first kappa shape index (κ1) is 13.3. The molecule has 0 radical (unpaired) electrons. The third-order valence-corrected chi connectivity index (χ3v) is 2.72. The molecule has 0 saturated carbocycles. The van der Waals surface area contributed by atoms with Crippen LogP contribution in [0.2, 0.25) is 5.28 Å². The molecule has 0 aliphatic rings. The average molecular weight is 279 g/mol. The number of aromatic nitrogens is 2. The summed E-state index contributed by atoms with van der Waals surface area (Å²) in [4.78, 5) is 18.7. The Bertz CT molecular complexity index is 644. The highest BCUT2D eigenvalue weighted by molar-refractivity contribution is 6.28. The molecule has 0 spiro atoms. The van der Waals surface area contributed by atoms with Crippen molar-refractivity contribution in [3.05, 3.63) is 40.8 Å². The number of hydrogen-bond donors (Lipinski definition) is 1. The van der Waals surface area contributed by atoms with Crippen molar-refractivity contribution in [2.45, 2.75) is 6.92 Å². The third kappa shape index (κ3) is 2.82. The highest BCUT2D eigenvalue weighted by Gasteiger charge is 2.13. The van der Waals surface area contributed by atoms with Crippen LogP contribution < -0.4 is 4.74 Å². The topological polar surface area (TPSA) is 72.3 Å². The summed E-state index contributed by atoms with van der Waals surface area (Å²) in [6, 6.07) is 6.90. The molecule has 0 atom stereocenters. The SMILES string of the molecule is COc1ccc(C)cc1-c1cc(C(=O)O)nc(Cl)n1. The molecule has 0 aliphatic heterocycles. The van der Waals surface area contributed by atoms with Crippen molar-refractivity contribution in [2.24, 2.45) is 0 Å². The molecule has 0 saturated heterocycles. The van der Waals surface area contributed by atoms with Crippen LogP contribution in [-0.4, -0.2) is 28.2 Å². The van der Waals surface area contributed by atoms with Crippen LogP contribution in [0.25, 0.3) is 11.3 Å². The number of aryl methyl sites for hydroxylation is 1. The van der Waals surface area contributed by atoms with Crippen molar-refractivity contribution >= 4 is 17.6 Å². The number of carboxylic acids is 1. The van der Waals surface area contributed by atoms with Gasteiger partial charge in [-0.3, -0.25) is 0 Å². The molecule has 0 fully saturated rings. The van der Waals surface area contributed by atoms with Gasteiger partial charge in [-0.1, -0.05) is 11.6 Å². The zero-order valence-corrected chi connectivity index (χ0v) is 11.1. The van der Waals surface area contributed by atoms with Gasteiger partial charge in [0.25, 0.3) is 0 Å². The molecule has 6 heteroatoms. The molecule has 0 aliphatic carbocycles. The van der Waals surface area contributed by atoms with Crippen LogP contribution in [0.1, 0.15) is 16.1 Å². The Balaban J connectivity index is 2.64. The third-order valence-electron chi connectivity index (χ3n) is 2.55. The summed E-state index contributed by atoms with van der Waals surface area (Å²) in [6.07, 6.45) is 0. The lowest BCUT2D eigenvalue weighted by Gasteiger charge is -2.09. The zero-order chi connectivity index (χ0) is 14.0. The molecule has 0 amide bonds. The second-order valence-electron chi connectivity index (χ2n) is 3.92. The Labute approximate surface area is 114 Å². The molecule has 98 valence electrons. The first-order chi connectivity index (χ1) is 9.01. The van der Waals surface area contributed by atoms with Crippen LogP contribution >= 0.6 is 11.6 Å². The van der Waals surface area contributed by atoms with E-state index in [1.54, 1.807) is 6.07 Å². The summed E-state index contributed by atoms with van der Waals surface area (Å²) in [5, 5.41) is 8.87. The van der Waals surface area contributed by atoms with Crippen LogP contribution in [0, 0.1) is 6.92 Å². The maximum Gasteiger partial charge on any atom is 0.354 e. The highest BCUT2D eigenvalue weighted by atomic mass is 35.5. The first-order valence-corrected chi connectivity index (χ1v) is 5.82. The number of aromatic carboxylic acids is 1. The number of methoxy groups -OCH3 is 1. The van der Waals surface area contributed by atoms with Crippen LogP contribution in [0.5, 0.6) is 5.75 Å². The van der Waals surface area contributed by atoms with Gasteiger partial charge in [0.2, 0.25) is 5.28 Å². The summed E-state index contributed by atoms with van der Waals surface area (Å²) in [5.74, 6) is -0.561. The molecule has 0 bridgehead atoms. The molecule has 1 heterocycles. The van der Waals surface area contributed by atoms with Gasteiger partial charge in [0, 0.05) is 5.56 Å². The van der Waals surface area contributed by atoms with Crippen LogP contribution in [-0.2, 0) is 0 Å². The molecular weight excluding hydrogens is 268 g/mol. The van der Waals surface area contributed by atoms with Crippen molar-refractivity contribution < 1.29 is 14.6 Å². The van der Waals surface area contributed by atoms with E-state index < -0.39 is 5.97 Å². The van der Waals surface area contributed by atoms with Gasteiger partial charge in [-0.25, -0.2) is 14.8 Å². The predicted octanol–water partition coefficient (Wildman–Crippen LogP) is 2.81. The highest BCUT2D eigenvalue weighted by Crippen LogP contribution is 2.30. The van der Waals surface area contributed by atoms with Gasteiger partial charge >= 0.3 is 5.97 Å². The van der Waals surface area contributed by atoms with Gasteiger partial charge in [-0.15, -0.1) is 0 Å². The van der Waals surface area contributed by atoms with E-state index in [1.807, 2.05) is 19.1 Å². The summed E-state index contributed by atoms with van der Waals surface area (Å²) in [7, 11) is 1.54. The fourth-order valence-electron chi connectivity index (χ4n) is 1.69. The number of carbonyl (C=O) groups is 1. The Morgan fingerprint density at radius 3 is 2.68 bits per heavy atom. The molecular formula is C13H11ClN2O3. The standard InChI is InChI=1S/C13H11ClN2O3/c1-7-3-4-11(19-2)8(5-7)9-6-10(12(17)18)16-13(14)15-9/h3-6H,1-2H3,(H,17,18). The molecule has 1 aromatic heterocycles. The number of nitrogens with zero attached hydrogens (tertiary/aromatic N) is 2. The lowest BCUT2D eigenvalue weighted by Crippen LogP contribution is -2.03. The van der Waals surface area contributed by atoms with Gasteiger partial charge in [0.1, 0.15) is 5.75 Å². The molecule has 1 aromatic carbocycles. The lowest BCUT2D eigenvalue weighted by atomic mass is 10.1. The minimum Gasteiger partial charge on any atom is -0.496 e. The van der Waals surface area contributed by atoms with E-state index in [1.165, 1.54) is 13.2 Å². The van der Waals surface area contributed by atoms with Crippen molar-refractivity contribution in [1.82, 2.24) is 9.97 Å². The monoisotopic (exact) mass is 278 g/mol. The summed E-state index contributed by atoms with van der Waals surface area (Å²) in [5.41, 5.74) is 1.94. The molecule has 0 unspecified atom stereocenters. The number of ether oxygens (including phenoxy) is 1. The van der Waals surface area contributed by atoms with Gasteiger partial charge in [0.15, 0.2) is 5.69 Å². The summed E-state index contributed by atoms with van der Waals surface area (Å²) < 4.78 is 5.24. The van der Waals surface area contributed by atoms with E-state index in [9.17, 15) is 4.79 Å². The van der Waals surface area contributed by atoms with Crippen molar-refractivity contribution in [1.29, 1.82) is 0 Å². The summed E-state index contributed by atoms with van der Waals surface area (Å²) >= 11 is 5.75. The maximum absolute atomic E-state index is 11.0. The number of carboxylic acid groups (broad SMARTS) is 1. The first-order valence-electron chi connectivity index (χ1n) is 5.44. The van der Waals surface area contributed by atoms with Crippen molar-refractivity contribution in [2.75, 3.05) is 7.11 Å². The van der Waals surface area contributed by atoms with E-state index in [4.69, 9.17) is 21.4 Å². The van der Waals surface area contributed by atoms with Crippen molar-refractivity contribution in [3.8, 4) is 17.0 Å². The van der Waals surface area contributed by atoms with E-state index in [2.05, 4.69) is 9.97 Å². The van der Waals surface area contributed by atoms with Gasteiger partial charge in [0.05, 0.1) is 12.8 Å². The fourth-order valence-corrected chi connectivity index (χ4v) is 1.87. The quantitative estimate of drug-likeness (QED) is 0.874. The Hall–Kier alpha value is -2.14. The number of rotatable bonds is 3. The number of benzene rings is 1. The minimum absolute atomic E-state index is 0.113. The second-order valence-corrected chi connectivity index (χ2v) is 4.25. The maximum atomic E-state index is 11.0. The molecule has 2 aromatic rings. The molecule has 1 N–H and O–H groups in total. The molecule has 2 rings (SSSR count). The Morgan fingerprint density at radius 2 is 2.05 bits per heavy atom. The van der Waals surface area contributed by atoms with E-state index in [-0.39, 0.29) is 11.0 Å². The van der Waals surface area contributed by atoms with E-state index >= 15 is 0 Å². The minimum atomic E-state index is -1.16. The van der Waals surface area contributed by atoms with Gasteiger partial charge < -0.3 is 9.84 Å². The normalized spacial score (nSPS) is 10.3. The van der Waals surface area contributed by atoms with Crippen LogP contribution in [0.15, 0.2) is 24.3 Å². The van der Waals surface area contributed by atoms with E-state index in [0.29, 0.717) is 17.0 Å². The lowest BCUT2D eigenvalue weighted by molar-refractivity contribution is 0.0690. The zero-order valence-electron chi connectivity index (χ0n) is 10.3. The number of halogens is 1. The van der Waals surface area contributed by atoms with Gasteiger partial charge in [-0.2, -0.15) is 0 Å². The Kier molecular flexibility index (Phi) is 3.66. The summed E-state index contributed by atoms with van der Waals surface area (Å²) in [6.45, 7) is 1.92. The Morgan fingerprint density at radius 1 is 1.32 bits per heavy atom. The average Bonchev–Trinajstić information content (AvgIpc) is 2.37. The van der Waals surface area contributed by atoms with E-state index in [0.717, 1.165) is 5.56 Å². The fraction of sp³-hybridized carbons (Fsp3) is 0.154. The molecule has 5 nitrogen and oxygen atoms in total. The predicted molar refractivity (Wildman–Crippen MR) is 70.7 cm³/mol. The molecule has 19 heavy (non-hydrogen) atoms. The number of hydrogen-bond acceptors (Lipinski definition) is 4. The second kappa shape index (κ2) is 5.24. The van der Waals surface area contributed by atoms with Crippen molar-refractivity contribution in [3.63, 3.8) is 0 Å². The van der Waals surface area contributed by atoms with Crippen LogP contribution in [0.4, 0.5) is 0 Å². The smallest absolute Gasteiger partial charge is 0.354 e. The largest absolute Gasteiger partial charge is 0.496 e. The van der Waals surface area contributed by atoms with Gasteiger partial charge in [-0.05, 0) is 36.7 Å². The van der Waals surface area contributed by atoms with Crippen LogP contribution in [0.3, 0.4) is 0 Å².